The summed E-state index contributed by atoms with van der Waals surface area (Å²) in [4.78, 5) is 23.1. The summed E-state index contributed by atoms with van der Waals surface area (Å²) in [5, 5.41) is 3.12. The molecular weight excluding hydrogens is 240 g/mol. The molecule has 0 spiro atoms. The molecule has 3 N–H and O–H groups in total. The number of carbonyl (C=O) groups excluding carboxylic acids is 2. The first-order chi connectivity index (χ1) is 9.15. The highest BCUT2D eigenvalue weighted by Crippen LogP contribution is 2.54. The van der Waals surface area contributed by atoms with Gasteiger partial charge < -0.3 is 11.1 Å². The van der Waals surface area contributed by atoms with E-state index in [0.29, 0.717) is 17.8 Å². The van der Waals surface area contributed by atoms with Crippen LogP contribution in [0.5, 0.6) is 0 Å². The molecule has 3 rings (SSSR count). The van der Waals surface area contributed by atoms with Crippen LogP contribution in [0.2, 0.25) is 0 Å². The van der Waals surface area contributed by atoms with Gasteiger partial charge in [-0.05, 0) is 62.7 Å². The third kappa shape index (κ3) is 3.10. The molecule has 0 aromatic heterocycles. The quantitative estimate of drug-likeness (QED) is 0.788. The van der Waals surface area contributed by atoms with Gasteiger partial charge in [0.15, 0.2) is 0 Å². The Bertz CT molecular complexity index is 370. The van der Waals surface area contributed by atoms with E-state index in [1.165, 1.54) is 12.8 Å². The number of nitrogens with one attached hydrogen (secondary N) is 1. The minimum atomic E-state index is -0.159. The molecule has 3 fully saturated rings. The van der Waals surface area contributed by atoms with Crippen LogP contribution in [0.3, 0.4) is 0 Å². The molecule has 0 aliphatic heterocycles. The lowest BCUT2D eigenvalue weighted by Gasteiger charge is -2.26. The SMILES string of the molecule is NC(=O)C1CCC(CNC(=O)[C@H]2C[C@@H]2C2CC2)CC1. The van der Waals surface area contributed by atoms with E-state index in [1.807, 2.05) is 0 Å². The summed E-state index contributed by atoms with van der Waals surface area (Å²) in [5.74, 6) is 2.59. The van der Waals surface area contributed by atoms with E-state index in [1.54, 1.807) is 0 Å². The Morgan fingerprint density at radius 1 is 1.05 bits per heavy atom. The van der Waals surface area contributed by atoms with E-state index in [9.17, 15) is 9.59 Å². The number of hydrogen-bond acceptors (Lipinski definition) is 2. The smallest absolute Gasteiger partial charge is 0.223 e. The van der Waals surface area contributed by atoms with E-state index in [-0.39, 0.29) is 17.7 Å². The van der Waals surface area contributed by atoms with Crippen molar-refractivity contribution >= 4 is 11.8 Å². The molecule has 106 valence electrons. The molecule has 3 aliphatic carbocycles. The van der Waals surface area contributed by atoms with Gasteiger partial charge >= 0.3 is 0 Å². The Labute approximate surface area is 114 Å². The zero-order valence-corrected chi connectivity index (χ0v) is 11.4. The van der Waals surface area contributed by atoms with Crippen LogP contribution < -0.4 is 11.1 Å². The normalized spacial score (nSPS) is 37.7. The van der Waals surface area contributed by atoms with Crippen LogP contribution in [-0.2, 0) is 9.59 Å². The van der Waals surface area contributed by atoms with Gasteiger partial charge in [0.05, 0.1) is 0 Å². The molecule has 0 aromatic carbocycles. The van der Waals surface area contributed by atoms with Crippen molar-refractivity contribution in [2.75, 3.05) is 6.54 Å². The van der Waals surface area contributed by atoms with Crippen molar-refractivity contribution in [1.29, 1.82) is 0 Å². The maximum absolute atomic E-state index is 12.0. The van der Waals surface area contributed by atoms with E-state index in [0.717, 1.165) is 44.6 Å². The Kier molecular flexibility index (Phi) is 3.50. The predicted octanol–water partition coefficient (Wildman–Crippen LogP) is 1.44. The van der Waals surface area contributed by atoms with Crippen LogP contribution in [0, 0.1) is 29.6 Å². The van der Waals surface area contributed by atoms with Crippen LogP contribution in [0.1, 0.15) is 44.9 Å². The van der Waals surface area contributed by atoms with Crippen LogP contribution >= 0.6 is 0 Å². The molecular formula is C15H24N2O2. The van der Waals surface area contributed by atoms with Gasteiger partial charge in [-0.15, -0.1) is 0 Å². The van der Waals surface area contributed by atoms with Gasteiger partial charge in [-0.1, -0.05) is 0 Å². The zero-order chi connectivity index (χ0) is 13.4. The number of hydrogen-bond donors (Lipinski definition) is 2. The predicted molar refractivity (Wildman–Crippen MR) is 72.0 cm³/mol. The molecule has 3 aliphatic rings. The van der Waals surface area contributed by atoms with Crippen LogP contribution in [-0.4, -0.2) is 18.4 Å². The van der Waals surface area contributed by atoms with Crippen molar-refractivity contribution in [3.63, 3.8) is 0 Å². The summed E-state index contributed by atoms with van der Waals surface area (Å²) in [7, 11) is 0. The van der Waals surface area contributed by atoms with Crippen LogP contribution in [0.4, 0.5) is 0 Å². The Morgan fingerprint density at radius 3 is 2.32 bits per heavy atom. The van der Waals surface area contributed by atoms with Gasteiger partial charge in [-0.2, -0.15) is 0 Å². The summed E-state index contributed by atoms with van der Waals surface area (Å²) >= 11 is 0. The second kappa shape index (κ2) is 5.14. The van der Waals surface area contributed by atoms with Gasteiger partial charge in [-0.3, -0.25) is 9.59 Å². The van der Waals surface area contributed by atoms with Crippen LogP contribution in [0.15, 0.2) is 0 Å². The van der Waals surface area contributed by atoms with Crippen molar-refractivity contribution in [3.8, 4) is 0 Å². The monoisotopic (exact) mass is 264 g/mol. The molecule has 0 saturated heterocycles. The van der Waals surface area contributed by atoms with Crippen molar-refractivity contribution in [2.45, 2.75) is 44.9 Å². The molecule has 2 amide bonds. The summed E-state index contributed by atoms with van der Waals surface area (Å²) < 4.78 is 0. The summed E-state index contributed by atoms with van der Waals surface area (Å²) in [6.07, 6.45) is 7.62. The molecule has 0 radical (unpaired) electrons. The first-order valence-electron chi connectivity index (χ1n) is 7.72. The van der Waals surface area contributed by atoms with Crippen molar-refractivity contribution < 1.29 is 9.59 Å². The first kappa shape index (κ1) is 12.9. The van der Waals surface area contributed by atoms with Crippen LogP contribution in [0.25, 0.3) is 0 Å². The molecule has 0 unspecified atom stereocenters. The average molecular weight is 264 g/mol. The number of nitrogens with two attached hydrogens (primary N) is 1. The summed E-state index contributed by atoms with van der Waals surface area (Å²) in [5.41, 5.74) is 5.32. The average Bonchev–Trinajstić information content (AvgIpc) is 3.28. The third-order valence-electron chi connectivity index (χ3n) is 5.22. The topological polar surface area (TPSA) is 72.2 Å². The molecule has 2 atom stereocenters. The van der Waals surface area contributed by atoms with Crippen molar-refractivity contribution in [2.24, 2.45) is 35.3 Å². The highest BCUT2D eigenvalue weighted by atomic mass is 16.2. The highest BCUT2D eigenvalue weighted by Gasteiger charge is 2.51. The first-order valence-corrected chi connectivity index (χ1v) is 7.72. The molecule has 4 heteroatoms. The Morgan fingerprint density at radius 2 is 1.74 bits per heavy atom. The fourth-order valence-corrected chi connectivity index (χ4v) is 3.59. The maximum Gasteiger partial charge on any atom is 0.223 e. The van der Waals surface area contributed by atoms with Gasteiger partial charge in [0, 0.05) is 18.4 Å². The van der Waals surface area contributed by atoms with Gasteiger partial charge in [0.2, 0.25) is 11.8 Å². The molecule has 0 bridgehead atoms. The number of amides is 2. The Balaban J connectivity index is 1.34. The maximum atomic E-state index is 12.0. The van der Waals surface area contributed by atoms with E-state index >= 15 is 0 Å². The summed E-state index contributed by atoms with van der Waals surface area (Å²) in [6.45, 7) is 0.790. The lowest BCUT2D eigenvalue weighted by Crippen LogP contribution is -2.34. The van der Waals surface area contributed by atoms with Gasteiger partial charge in [0.1, 0.15) is 0 Å². The molecule has 4 nitrogen and oxygen atoms in total. The fraction of sp³-hybridized carbons (Fsp3) is 0.867. The number of carbonyl (C=O) groups is 2. The zero-order valence-electron chi connectivity index (χ0n) is 11.4. The van der Waals surface area contributed by atoms with Gasteiger partial charge in [-0.25, -0.2) is 0 Å². The van der Waals surface area contributed by atoms with E-state index in [2.05, 4.69) is 5.32 Å². The lowest BCUT2D eigenvalue weighted by atomic mass is 9.81. The second-order valence-corrected chi connectivity index (χ2v) is 6.71. The standard InChI is InChI=1S/C15H24N2O2/c16-14(18)11-3-1-9(2-4-11)8-17-15(19)13-7-12(13)10-5-6-10/h9-13H,1-8H2,(H2,16,18)(H,17,19)/t9?,11?,12-,13+/m1/s1. The lowest BCUT2D eigenvalue weighted by molar-refractivity contribution is -0.124. The van der Waals surface area contributed by atoms with E-state index in [4.69, 9.17) is 5.73 Å². The van der Waals surface area contributed by atoms with Gasteiger partial charge in [0.25, 0.3) is 0 Å². The minimum Gasteiger partial charge on any atom is -0.369 e. The third-order valence-corrected chi connectivity index (χ3v) is 5.22. The largest absolute Gasteiger partial charge is 0.369 e. The highest BCUT2D eigenvalue weighted by molar-refractivity contribution is 5.81. The summed E-state index contributed by atoms with van der Waals surface area (Å²) in [6, 6.07) is 0. The fourth-order valence-electron chi connectivity index (χ4n) is 3.59. The van der Waals surface area contributed by atoms with Crippen molar-refractivity contribution in [1.82, 2.24) is 5.32 Å². The molecule has 0 aromatic rings. The number of rotatable bonds is 5. The minimum absolute atomic E-state index is 0.0645. The molecule has 0 heterocycles. The number of primary amides is 1. The molecule has 3 saturated carbocycles. The van der Waals surface area contributed by atoms with Crippen molar-refractivity contribution in [3.05, 3.63) is 0 Å². The van der Waals surface area contributed by atoms with E-state index < -0.39 is 0 Å². The molecule has 19 heavy (non-hydrogen) atoms. The second-order valence-electron chi connectivity index (χ2n) is 6.71. The Hall–Kier alpha value is -1.06.